The van der Waals surface area contributed by atoms with Crippen LogP contribution < -0.4 is 4.90 Å². The Kier molecular flexibility index (Phi) is 5.93. The van der Waals surface area contributed by atoms with Gasteiger partial charge in [-0.05, 0) is 93.2 Å². The van der Waals surface area contributed by atoms with Gasteiger partial charge in [0.05, 0.1) is 11.6 Å². The van der Waals surface area contributed by atoms with E-state index in [1.807, 2.05) is 29.2 Å². The molecule has 10 heteroatoms. The summed E-state index contributed by atoms with van der Waals surface area (Å²) in [5, 5.41) is 8.37. The van der Waals surface area contributed by atoms with Gasteiger partial charge in [-0.3, -0.25) is 9.48 Å². The average Bonchev–Trinajstić information content (AvgIpc) is 3.49. The van der Waals surface area contributed by atoms with Gasteiger partial charge in [0.15, 0.2) is 5.82 Å². The van der Waals surface area contributed by atoms with E-state index >= 15 is 0 Å². The van der Waals surface area contributed by atoms with Crippen molar-refractivity contribution in [3.05, 3.63) is 48.4 Å². The second kappa shape index (κ2) is 9.41. The van der Waals surface area contributed by atoms with Crippen molar-refractivity contribution in [1.29, 1.82) is 0 Å². The number of rotatable bonds is 9. The zero-order chi connectivity index (χ0) is 28.7. The third-order valence-corrected chi connectivity index (χ3v) is 10.9. The van der Waals surface area contributed by atoms with Crippen LogP contribution in [0.5, 0.6) is 0 Å². The molecular formula is C32H36F3N5O2. The van der Waals surface area contributed by atoms with E-state index in [0.29, 0.717) is 37.6 Å². The number of amides is 1. The Balaban J connectivity index is 1.07. The summed E-state index contributed by atoms with van der Waals surface area (Å²) in [5.74, 6) is 2.83. The van der Waals surface area contributed by atoms with Crippen molar-refractivity contribution < 1.29 is 22.5 Å². The van der Waals surface area contributed by atoms with Crippen molar-refractivity contribution in [3.8, 4) is 11.1 Å². The highest BCUT2D eigenvalue weighted by Gasteiger charge is 2.73. The van der Waals surface area contributed by atoms with E-state index in [9.17, 15) is 18.0 Å². The molecule has 3 unspecified atom stereocenters. The standard InChI is InChI=1S/C32H36F3N5O2/c33-26(34)15-39-14-23(13-36-39)21-3-1-5-24(11-21)40(29(41)31-16-32(35,17-31)18-31)19-30-9-2-4-22(12-30)25(8-10-30)28-37-27(38-42-28)20-6-7-20/h1,3,5,11,13-14,20,22,25-26H,2,4,6-10,12,15-19H2. The van der Waals surface area contributed by atoms with Crippen LogP contribution in [0.1, 0.15) is 94.2 Å². The highest BCUT2D eigenvalue weighted by Crippen LogP contribution is 2.70. The highest BCUT2D eigenvalue weighted by atomic mass is 19.3. The van der Waals surface area contributed by atoms with Crippen molar-refractivity contribution in [3.63, 3.8) is 0 Å². The van der Waals surface area contributed by atoms with Crippen LogP contribution in [-0.2, 0) is 11.3 Å². The molecule has 4 bridgehead atoms. The lowest BCUT2D eigenvalue weighted by molar-refractivity contribution is -0.211. The number of alkyl halides is 3. The normalized spacial score (nSPS) is 33.2. The second-order valence-corrected chi connectivity index (χ2v) is 14.0. The number of hydrogen-bond acceptors (Lipinski definition) is 5. The molecule has 3 atom stereocenters. The number of fused-ring (bicyclic) bond motifs is 2. The monoisotopic (exact) mass is 579 g/mol. The van der Waals surface area contributed by atoms with Crippen LogP contribution in [0, 0.1) is 16.7 Å². The first-order chi connectivity index (χ1) is 20.2. The predicted octanol–water partition coefficient (Wildman–Crippen LogP) is 7.06. The predicted molar refractivity (Wildman–Crippen MR) is 149 cm³/mol. The van der Waals surface area contributed by atoms with E-state index in [-0.39, 0.29) is 17.2 Å². The molecule has 1 aromatic carbocycles. The van der Waals surface area contributed by atoms with E-state index in [1.54, 1.807) is 12.4 Å². The van der Waals surface area contributed by atoms with E-state index in [1.165, 1.54) is 4.68 Å². The highest BCUT2D eigenvalue weighted by molar-refractivity contribution is 6.00. The summed E-state index contributed by atoms with van der Waals surface area (Å²) in [6.07, 6.45) is 10.1. The van der Waals surface area contributed by atoms with Gasteiger partial charge in [0.1, 0.15) is 12.2 Å². The molecule has 6 aliphatic carbocycles. The second-order valence-electron chi connectivity index (χ2n) is 14.0. The molecule has 6 fully saturated rings. The van der Waals surface area contributed by atoms with Crippen LogP contribution in [0.2, 0.25) is 0 Å². The fraction of sp³-hybridized carbons (Fsp3) is 0.625. The summed E-state index contributed by atoms with van der Waals surface area (Å²) in [5.41, 5.74) is 0.524. The van der Waals surface area contributed by atoms with Crippen LogP contribution >= 0.6 is 0 Å². The average molecular weight is 580 g/mol. The topological polar surface area (TPSA) is 77.1 Å². The fourth-order valence-corrected chi connectivity index (χ4v) is 8.62. The van der Waals surface area contributed by atoms with Gasteiger partial charge in [-0.15, -0.1) is 0 Å². The first-order valence-electron chi connectivity index (χ1n) is 15.5. The Morgan fingerprint density at radius 1 is 1.12 bits per heavy atom. The number of halogens is 3. The third kappa shape index (κ3) is 4.47. The van der Waals surface area contributed by atoms with E-state index in [0.717, 1.165) is 79.9 Å². The Morgan fingerprint density at radius 3 is 2.71 bits per heavy atom. The minimum atomic E-state index is -2.49. The lowest BCUT2D eigenvalue weighted by atomic mass is 9.41. The van der Waals surface area contributed by atoms with Gasteiger partial charge in [-0.1, -0.05) is 23.7 Å². The molecule has 0 aliphatic heterocycles. The van der Waals surface area contributed by atoms with Gasteiger partial charge in [0.2, 0.25) is 11.8 Å². The van der Waals surface area contributed by atoms with Crippen LogP contribution in [0.25, 0.3) is 11.1 Å². The number of hydrogen-bond donors (Lipinski definition) is 0. The summed E-state index contributed by atoms with van der Waals surface area (Å²) in [7, 11) is 0. The van der Waals surface area contributed by atoms with E-state index in [4.69, 9.17) is 9.51 Å². The first-order valence-corrected chi connectivity index (χ1v) is 15.5. The van der Waals surface area contributed by atoms with Crippen LogP contribution in [0.3, 0.4) is 0 Å². The molecule has 1 amide bonds. The molecule has 222 valence electrons. The van der Waals surface area contributed by atoms with Crippen molar-refractivity contribution >= 4 is 11.6 Å². The number of anilines is 1. The van der Waals surface area contributed by atoms with Crippen LogP contribution in [-0.4, -0.2) is 44.5 Å². The molecule has 42 heavy (non-hydrogen) atoms. The van der Waals surface area contributed by atoms with Crippen molar-refractivity contribution in [2.24, 2.45) is 16.7 Å². The van der Waals surface area contributed by atoms with Crippen molar-refractivity contribution in [2.75, 3.05) is 11.4 Å². The number of benzene rings is 1. The van der Waals surface area contributed by atoms with E-state index in [2.05, 4.69) is 10.3 Å². The Hall–Kier alpha value is -3.17. The van der Waals surface area contributed by atoms with Crippen LogP contribution in [0.4, 0.5) is 18.9 Å². The number of nitrogens with zero attached hydrogens (tertiary/aromatic N) is 5. The molecule has 0 spiro atoms. The summed E-state index contributed by atoms with van der Waals surface area (Å²) < 4.78 is 47.4. The lowest BCUT2D eigenvalue weighted by Gasteiger charge is -2.65. The SMILES string of the molecule is O=C(N(CC12CCCC(C1)C(c1nc(C3CC3)no1)CC2)c1cccc(-c2cnn(CC(F)F)c2)c1)C12CC(F)(C1)C2. The minimum absolute atomic E-state index is 0.0243. The molecule has 3 aromatic rings. The number of aromatic nitrogens is 4. The molecule has 6 saturated carbocycles. The van der Waals surface area contributed by atoms with Crippen molar-refractivity contribution in [2.45, 2.75) is 101 Å². The molecule has 7 nitrogen and oxygen atoms in total. The summed E-state index contributed by atoms with van der Waals surface area (Å²) >= 11 is 0. The molecule has 2 aromatic heterocycles. The summed E-state index contributed by atoms with van der Waals surface area (Å²) in [6, 6.07) is 7.72. The maximum atomic E-state index is 14.6. The lowest BCUT2D eigenvalue weighted by Crippen LogP contribution is -2.71. The summed E-state index contributed by atoms with van der Waals surface area (Å²) in [6.45, 7) is 0.134. The Labute approximate surface area is 242 Å². The van der Waals surface area contributed by atoms with Gasteiger partial charge in [0.25, 0.3) is 6.43 Å². The quantitative estimate of drug-likeness (QED) is 0.271. The van der Waals surface area contributed by atoms with Gasteiger partial charge in [0, 0.05) is 35.8 Å². The largest absolute Gasteiger partial charge is 0.339 e. The molecule has 0 saturated heterocycles. The Bertz CT molecular complexity index is 1500. The molecular weight excluding hydrogens is 543 g/mol. The third-order valence-electron chi connectivity index (χ3n) is 10.9. The Morgan fingerprint density at radius 2 is 1.95 bits per heavy atom. The maximum absolute atomic E-state index is 14.6. The zero-order valence-electron chi connectivity index (χ0n) is 23.7. The molecule has 6 aliphatic rings. The number of carbonyl (C=O) groups excluding carboxylic acids is 1. The van der Waals surface area contributed by atoms with Gasteiger partial charge < -0.3 is 9.42 Å². The fourth-order valence-electron chi connectivity index (χ4n) is 8.62. The van der Waals surface area contributed by atoms with Crippen molar-refractivity contribution in [1.82, 2.24) is 19.9 Å². The smallest absolute Gasteiger partial charge is 0.257 e. The van der Waals surface area contributed by atoms with E-state index < -0.39 is 24.1 Å². The maximum Gasteiger partial charge on any atom is 0.257 e. The summed E-state index contributed by atoms with van der Waals surface area (Å²) in [4.78, 5) is 20.9. The van der Waals surface area contributed by atoms with Gasteiger partial charge in [-0.2, -0.15) is 10.1 Å². The molecule has 9 rings (SSSR count). The first kappa shape index (κ1) is 26.5. The van der Waals surface area contributed by atoms with Gasteiger partial charge >= 0.3 is 0 Å². The minimum Gasteiger partial charge on any atom is -0.339 e. The zero-order valence-corrected chi connectivity index (χ0v) is 23.7. The molecule has 0 N–H and O–H groups in total. The number of carbonyl (C=O) groups is 1. The molecule has 0 radical (unpaired) electrons. The molecule has 2 heterocycles. The van der Waals surface area contributed by atoms with Gasteiger partial charge in [-0.25, -0.2) is 13.2 Å². The van der Waals surface area contributed by atoms with Crippen LogP contribution in [0.15, 0.2) is 41.2 Å².